The molecule has 0 bridgehead atoms. The molecule has 0 atom stereocenters. The topological polar surface area (TPSA) is 102 Å². The number of nitro benzene ring substituents is 1. The van der Waals surface area contributed by atoms with Crippen molar-refractivity contribution >= 4 is 41.0 Å². The van der Waals surface area contributed by atoms with Gasteiger partial charge in [0.2, 0.25) is 0 Å². The van der Waals surface area contributed by atoms with Crippen LogP contribution in [0.25, 0.3) is 17.7 Å². The van der Waals surface area contributed by atoms with Crippen LogP contribution >= 0.6 is 11.6 Å². The van der Waals surface area contributed by atoms with Crippen LogP contribution in [0.1, 0.15) is 16.7 Å². The lowest BCUT2D eigenvalue weighted by atomic mass is 10.0. The van der Waals surface area contributed by atoms with Gasteiger partial charge in [-0.15, -0.1) is 0 Å². The van der Waals surface area contributed by atoms with Gasteiger partial charge in [0.05, 0.1) is 23.7 Å². The minimum absolute atomic E-state index is 0.0776. The standard InChI is InChI=1S/C25H17ClN2O5/c1-32-24-15-18(13-20(16-27)19-7-9-21(26)10-8-19)5-11-23(24)33-25(29)12-6-17-3-2-4-22(14-17)28(30)31/h2-15H,1H3. The molecule has 0 saturated heterocycles. The smallest absolute Gasteiger partial charge is 0.336 e. The Morgan fingerprint density at radius 3 is 2.48 bits per heavy atom. The first-order valence-corrected chi connectivity index (χ1v) is 9.97. The van der Waals surface area contributed by atoms with Crippen LogP contribution in [0.2, 0.25) is 5.02 Å². The van der Waals surface area contributed by atoms with Crippen LogP contribution in [0, 0.1) is 21.4 Å². The van der Waals surface area contributed by atoms with E-state index in [-0.39, 0.29) is 11.4 Å². The van der Waals surface area contributed by atoms with Crippen LogP contribution in [0.15, 0.2) is 72.8 Å². The van der Waals surface area contributed by atoms with Gasteiger partial charge in [0, 0.05) is 23.2 Å². The maximum absolute atomic E-state index is 12.2. The Morgan fingerprint density at radius 1 is 1.06 bits per heavy atom. The molecule has 0 fully saturated rings. The van der Waals surface area contributed by atoms with E-state index in [1.165, 1.54) is 37.5 Å². The Kier molecular flexibility index (Phi) is 7.58. The molecule has 164 valence electrons. The number of hydrogen-bond acceptors (Lipinski definition) is 6. The number of allylic oxidation sites excluding steroid dienone is 1. The average molecular weight is 461 g/mol. The Balaban J connectivity index is 1.77. The van der Waals surface area contributed by atoms with Gasteiger partial charge in [-0.05, 0) is 53.1 Å². The number of hydrogen-bond donors (Lipinski definition) is 0. The molecule has 8 heteroatoms. The summed E-state index contributed by atoms with van der Waals surface area (Å²) in [5.74, 6) is -0.190. The third kappa shape index (κ3) is 6.29. The molecular formula is C25H17ClN2O5. The largest absolute Gasteiger partial charge is 0.493 e. The minimum Gasteiger partial charge on any atom is -0.493 e. The van der Waals surface area contributed by atoms with Gasteiger partial charge in [0.15, 0.2) is 11.5 Å². The van der Waals surface area contributed by atoms with Crippen molar-refractivity contribution < 1.29 is 19.2 Å². The predicted octanol–water partition coefficient (Wildman–Crippen LogP) is 5.94. The zero-order chi connectivity index (χ0) is 23.8. The van der Waals surface area contributed by atoms with Crippen molar-refractivity contribution in [1.82, 2.24) is 0 Å². The first-order chi connectivity index (χ1) is 15.9. The molecule has 3 aromatic rings. The highest BCUT2D eigenvalue weighted by molar-refractivity contribution is 6.30. The van der Waals surface area contributed by atoms with Crippen LogP contribution in [-0.4, -0.2) is 18.0 Å². The van der Waals surface area contributed by atoms with E-state index in [1.54, 1.807) is 54.6 Å². The van der Waals surface area contributed by atoms with Crippen molar-refractivity contribution in [3.8, 4) is 17.6 Å². The van der Waals surface area contributed by atoms with E-state index >= 15 is 0 Å². The molecule has 0 amide bonds. The highest BCUT2D eigenvalue weighted by atomic mass is 35.5. The summed E-state index contributed by atoms with van der Waals surface area (Å²) < 4.78 is 10.7. The molecule has 0 aliphatic rings. The fraction of sp³-hybridized carbons (Fsp3) is 0.0400. The van der Waals surface area contributed by atoms with Crippen LogP contribution in [0.5, 0.6) is 11.5 Å². The van der Waals surface area contributed by atoms with Crippen molar-refractivity contribution in [2.45, 2.75) is 0 Å². The second-order valence-electron chi connectivity index (χ2n) is 6.69. The van der Waals surface area contributed by atoms with Crippen molar-refractivity contribution in [2.24, 2.45) is 0 Å². The number of nitriles is 1. The molecule has 0 aliphatic heterocycles. The number of ether oxygens (including phenoxy) is 2. The lowest BCUT2D eigenvalue weighted by molar-refractivity contribution is -0.384. The minimum atomic E-state index is -0.679. The number of nitrogens with zero attached hydrogens (tertiary/aromatic N) is 2. The summed E-state index contributed by atoms with van der Waals surface area (Å²) in [4.78, 5) is 22.6. The second kappa shape index (κ2) is 10.8. The molecule has 3 rings (SSSR count). The van der Waals surface area contributed by atoms with Gasteiger partial charge in [0.1, 0.15) is 0 Å². The molecule has 0 unspecified atom stereocenters. The number of esters is 1. The first-order valence-electron chi connectivity index (χ1n) is 9.59. The average Bonchev–Trinajstić information content (AvgIpc) is 2.82. The van der Waals surface area contributed by atoms with Crippen molar-refractivity contribution in [2.75, 3.05) is 7.11 Å². The molecule has 0 aliphatic carbocycles. The van der Waals surface area contributed by atoms with E-state index in [0.29, 0.717) is 33.0 Å². The van der Waals surface area contributed by atoms with E-state index in [9.17, 15) is 20.2 Å². The first kappa shape index (κ1) is 23.3. The Morgan fingerprint density at radius 2 is 1.82 bits per heavy atom. The molecule has 0 aromatic heterocycles. The maximum Gasteiger partial charge on any atom is 0.336 e. The Bertz CT molecular complexity index is 1290. The van der Waals surface area contributed by atoms with E-state index in [1.807, 2.05) is 0 Å². The highest BCUT2D eigenvalue weighted by Gasteiger charge is 2.10. The van der Waals surface area contributed by atoms with E-state index in [2.05, 4.69) is 6.07 Å². The zero-order valence-corrected chi connectivity index (χ0v) is 18.2. The lowest BCUT2D eigenvalue weighted by Crippen LogP contribution is -2.05. The number of carbonyl (C=O) groups is 1. The predicted molar refractivity (Wildman–Crippen MR) is 126 cm³/mol. The molecule has 0 spiro atoms. The number of halogens is 1. The van der Waals surface area contributed by atoms with Gasteiger partial charge >= 0.3 is 5.97 Å². The number of benzene rings is 3. The van der Waals surface area contributed by atoms with Crippen LogP contribution in [0.4, 0.5) is 5.69 Å². The van der Waals surface area contributed by atoms with Gasteiger partial charge in [-0.1, -0.05) is 41.9 Å². The van der Waals surface area contributed by atoms with Crippen molar-refractivity contribution in [3.63, 3.8) is 0 Å². The van der Waals surface area contributed by atoms with E-state index in [4.69, 9.17) is 21.1 Å². The van der Waals surface area contributed by atoms with Crippen LogP contribution < -0.4 is 9.47 Å². The number of methoxy groups -OCH3 is 1. The summed E-state index contributed by atoms with van der Waals surface area (Å²) in [7, 11) is 1.43. The van der Waals surface area contributed by atoms with Crippen molar-refractivity contribution in [1.29, 1.82) is 5.26 Å². The number of non-ortho nitro benzene ring substituents is 1. The number of nitro groups is 1. The molecule has 3 aromatic carbocycles. The van der Waals surface area contributed by atoms with Gasteiger partial charge in [-0.25, -0.2) is 4.79 Å². The summed E-state index contributed by atoms with van der Waals surface area (Å²) >= 11 is 5.90. The fourth-order valence-corrected chi connectivity index (χ4v) is 3.01. The summed E-state index contributed by atoms with van der Waals surface area (Å²) in [6.07, 6.45) is 4.27. The zero-order valence-electron chi connectivity index (χ0n) is 17.4. The van der Waals surface area contributed by atoms with Crippen LogP contribution in [0.3, 0.4) is 0 Å². The summed E-state index contributed by atoms with van der Waals surface area (Å²) in [6.45, 7) is 0. The van der Waals surface area contributed by atoms with Gasteiger partial charge in [-0.3, -0.25) is 10.1 Å². The molecular weight excluding hydrogens is 444 g/mol. The quantitative estimate of drug-likeness (QED) is 0.0822. The third-order valence-electron chi connectivity index (χ3n) is 4.48. The normalized spacial score (nSPS) is 11.1. The van der Waals surface area contributed by atoms with Crippen LogP contribution in [-0.2, 0) is 4.79 Å². The molecule has 0 radical (unpaired) electrons. The summed E-state index contributed by atoms with van der Waals surface area (Å²) in [5, 5.41) is 20.9. The molecule has 0 N–H and O–H groups in total. The summed E-state index contributed by atoms with van der Waals surface area (Å²) in [6, 6.07) is 19.8. The Labute approximate surface area is 194 Å². The summed E-state index contributed by atoms with van der Waals surface area (Å²) in [5.41, 5.74) is 2.22. The fourth-order valence-electron chi connectivity index (χ4n) is 2.88. The lowest BCUT2D eigenvalue weighted by Gasteiger charge is -2.09. The maximum atomic E-state index is 12.2. The van der Waals surface area contributed by atoms with E-state index in [0.717, 1.165) is 0 Å². The molecule has 0 saturated carbocycles. The number of carbonyl (C=O) groups excluding carboxylic acids is 1. The highest BCUT2D eigenvalue weighted by Crippen LogP contribution is 2.30. The second-order valence-corrected chi connectivity index (χ2v) is 7.13. The van der Waals surface area contributed by atoms with Gasteiger partial charge in [0.25, 0.3) is 5.69 Å². The third-order valence-corrected chi connectivity index (χ3v) is 4.73. The van der Waals surface area contributed by atoms with Gasteiger partial charge in [-0.2, -0.15) is 5.26 Å². The number of rotatable bonds is 7. The molecule has 0 heterocycles. The SMILES string of the molecule is COc1cc(C=C(C#N)c2ccc(Cl)cc2)ccc1OC(=O)C=Cc1cccc([N+](=O)[O-])c1. The monoisotopic (exact) mass is 460 g/mol. The Hall–Kier alpha value is -4.41. The van der Waals surface area contributed by atoms with Gasteiger partial charge < -0.3 is 9.47 Å². The van der Waals surface area contributed by atoms with Crippen molar-refractivity contribution in [3.05, 3.63) is 105 Å². The van der Waals surface area contributed by atoms with E-state index < -0.39 is 10.9 Å². The molecule has 7 nitrogen and oxygen atoms in total. The molecule has 33 heavy (non-hydrogen) atoms.